The summed E-state index contributed by atoms with van der Waals surface area (Å²) in [6.45, 7) is 4.98. The maximum absolute atomic E-state index is 10.4. The lowest BCUT2D eigenvalue weighted by molar-refractivity contribution is -0.00824. The van der Waals surface area contributed by atoms with E-state index in [-0.39, 0.29) is 6.04 Å². The second-order valence-electron chi connectivity index (χ2n) is 5.52. The summed E-state index contributed by atoms with van der Waals surface area (Å²) in [5.74, 6) is 1.69. The Bertz CT molecular complexity index is 326. The Hall–Kier alpha value is -0.800. The molecule has 0 amide bonds. The van der Waals surface area contributed by atoms with Gasteiger partial charge in [-0.1, -0.05) is 6.92 Å². The van der Waals surface area contributed by atoms with Crippen molar-refractivity contribution in [2.45, 2.75) is 51.2 Å². The van der Waals surface area contributed by atoms with Crippen molar-refractivity contribution in [2.24, 2.45) is 5.92 Å². The zero-order valence-electron chi connectivity index (χ0n) is 10.8. The van der Waals surface area contributed by atoms with Crippen LogP contribution in [0.2, 0.25) is 0 Å². The molecular weight excluding hydrogens is 214 g/mol. The summed E-state index contributed by atoms with van der Waals surface area (Å²) in [5.41, 5.74) is -0.520. The number of rotatable bonds is 4. The minimum Gasteiger partial charge on any atom is -0.468 e. The minimum atomic E-state index is -0.520. The van der Waals surface area contributed by atoms with Crippen molar-refractivity contribution in [1.29, 1.82) is 0 Å². The quantitative estimate of drug-likeness (QED) is 0.846. The highest BCUT2D eigenvalue weighted by atomic mass is 16.3. The van der Waals surface area contributed by atoms with Crippen LogP contribution >= 0.6 is 0 Å². The van der Waals surface area contributed by atoms with Crippen molar-refractivity contribution in [1.82, 2.24) is 5.32 Å². The zero-order chi connectivity index (χ0) is 12.3. The van der Waals surface area contributed by atoms with E-state index in [2.05, 4.69) is 19.2 Å². The molecule has 2 rings (SSSR count). The smallest absolute Gasteiger partial charge is 0.120 e. The van der Waals surface area contributed by atoms with Crippen LogP contribution in [0.4, 0.5) is 0 Å². The first-order chi connectivity index (χ1) is 8.09. The largest absolute Gasteiger partial charge is 0.468 e. The van der Waals surface area contributed by atoms with Gasteiger partial charge in [0.05, 0.1) is 17.9 Å². The summed E-state index contributed by atoms with van der Waals surface area (Å²) < 4.78 is 5.34. The van der Waals surface area contributed by atoms with Crippen molar-refractivity contribution in [3.63, 3.8) is 0 Å². The summed E-state index contributed by atoms with van der Waals surface area (Å²) in [7, 11) is 0. The Morgan fingerprint density at radius 1 is 1.53 bits per heavy atom. The van der Waals surface area contributed by atoms with Gasteiger partial charge in [0.15, 0.2) is 0 Å². The third kappa shape index (κ3) is 3.33. The van der Waals surface area contributed by atoms with Gasteiger partial charge in [-0.15, -0.1) is 0 Å². The Balaban J connectivity index is 1.81. The van der Waals surface area contributed by atoms with Crippen molar-refractivity contribution < 1.29 is 9.52 Å². The Morgan fingerprint density at radius 2 is 2.24 bits per heavy atom. The van der Waals surface area contributed by atoms with Crippen molar-refractivity contribution in [2.75, 3.05) is 6.54 Å². The number of hydrogen-bond acceptors (Lipinski definition) is 3. The SMILES string of the molecule is CC1CCC(O)(CNC(C)c2ccco2)CC1. The molecular formula is C14H23NO2. The van der Waals surface area contributed by atoms with E-state index in [0.717, 1.165) is 37.4 Å². The normalized spacial score (nSPS) is 31.4. The Labute approximate surface area is 103 Å². The highest BCUT2D eigenvalue weighted by Gasteiger charge is 2.31. The van der Waals surface area contributed by atoms with Crippen molar-refractivity contribution in [3.8, 4) is 0 Å². The van der Waals surface area contributed by atoms with Crippen molar-refractivity contribution >= 4 is 0 Å². The highest BCUT2D eigenvalue weighted by Crippen LogP contribution is 2.31. The average molecular weight is 237 g/mol. The summed E-state index contributed by atoms with van der Waals surface area (Å²) >= 11 is 0. The number of furan rings is 1. The number of nitrogens with one attached hydrogen (secondary N) is 1. The molecule has 1 aromatic rings. The fourth-order valence-corrected chi connectivity index (χ4v) is 2.46. The van der Waals surface area contributed by atoms with Gasteiger partial charge in [-0.3, -0.25) is 0 Å². The minimum absolute atomic E-state index is 0.161. The van der Waals surface area contributed by atoms with Crippen LogP contribution in [-0.4, -0.2) is 17.3 Å². The van der Waals surface area contributed by atoms with E-state index in [1.54, 1.807) is 6.26 Å². The van der Waals surface area contributed by atoms with Crippen LogP contribution in [-0.2, 0) is 0 Å². The first-order valence-corrected chi connectivity index (χ1v) is 6.58. The molecule has 1 unspecified atom stereocenters. The molecule has 1 heterocycles. The standard InChI is InChI=1S/C14H23NO2/c1-11-5-7-14(16,8-6-11)10-15-12(2)13-4-3-9-17-13/h3-4,9,11-12,15-16H,5-8,10H2,1-2H3. The first-order valence-electron chi connectivity index (χ1n) is 6.58. The maximum Gasteiger partial charge on any atom is 0.120 e. The molecule has 0 saturated heterocycles. The molecule has 3 nitrogen and oxygen atoms in total. The van der Waals surface area contributed by atoms with Crippen LogP contribution in [0.25, 0.3) is 0 Å². The monoisotopic (exact) mass is 237 g/mol. The molecule has 0 aromatic carbocycles. The molecule has 1 aliphatic carbocycles. The predicted molar refractivity (Wildman–Crippen MR) is 67.7 cm³/mol. The second kappa shape index (κ2) is 5.23. The molecule has 1 atom stereocenters. The summed E-state index contributed by atoms with van der Waals surface area (Å²) in [6, 6.07) is 4.02. The maximum atomic E-state index is 10.4. The molecule has 1 saturated carbocycles. The lowest BCUT2D eigenvalue weighted by Gasteiger charge is -2.35. The van der Waals surface area contributed by atoms with E-state index in [1.165, 1.54) is 0 Å². The molecule has 3 heteroatoms. The summed E-state index contributed by atoms with van der Waals surface area (Å²) in [5, 5.41) is 13.8. The third-order valence-corrected chi connectivity index (χ3v) is 3.91. The van der Waals surface area contributed by atoms with E-state index < -0.39 is 5.60 Å². The fraction of sp³-hybridized carbons (Fsp3) is 0.714. The van der Waals surface area contributed by atoms with Gasteiger partial charge in [0.2, 0.25) is 0 Å². The average Bonchev–Trinajstić information content (AvgIpc) is 2.84. The van der Waals surface area contributed by atoms with Crippen LogP contribution in [0, 0.1) is 5.92 Å². The molecule has 0 aliphatic heterocycles. The molecule has 1 aliphatic rings. The Kier molecular flexibility index (Phi) is 3.89. The zero-order valence-corrected chi connectivity index (χ0v) is 10.8. The van der Waals surface area contributed by atoms with E-state index in [4.69, 9.17) is 4.42 Å². The van der Waals surface area contributed by atoms with Crippen LogP contribution in [0.15, 0.2) is 22.8 Å². The van der Waals surface area contributed by atoms with Gasteiger partial charge in [0.25, 0.3) is 0 Å². The predicted octanol–water partition coefficient (Wildman–Crippen LogP) is 2.87. The van der Waals surface area contributed by atoms with E-state index in [1.807, 2.05) is 12.1 Å². The molecule has 2 N–H and O–H groups in total. The molecule has 0 spiro atoms. The first kappa shape index (κ1) is 12.7. The molecule has 96 valence electrons. The van der Waals surface area contributed by atoms with Crippen LogP contribution < -0.4 is 5.32 Å². The van der Waals surface area contributed by atoms with Gasteiger partial charge in [-0.2, -0.15) is 0 Å². The highest BCUT2D eigenvalue weighted by molar-refractivity contribution is 5.03. The van der Waals surface area contributed by atoms with Crippen molar-refractivity contribution in [3.05, 3.63) is 24.2 Å². The molecule has 0 bridgehead atoms. The lowest BCUT2D eigenvalue weighted by atomic mass is 9.79. The van der Waals surface area contributed by atoms with Gasteiger partial charge in [0.1, 0.15) is 5.76 Å². The number of hydrogen-bond donors (Lipinski definition) is 2. The lowest BCUT2D eigenvalue weighted by Crippen LogP contribution is -2.43. The summed E-state index contributed by atoms with van der Waals surface area (Å²) in [4.78, 5) is 0. The second-order valence-corrected chi connectivity index (χ2v) is 5.52. The third-order valence-electron chi connectivity index (χ3n) is 3.91. The summed E-state index contributed by atoms with van der Waals surface area (Å²) in [6.07, 6.45) is 5.77. The molecule has 1 fully saturated rings. The molecule has 0 radical (unpaired) electrons. The molecule has 17 heavy (non-hydrogen) atoms. The van der Waals surface area contributed by atoms with E-state index >= 15 is 0 Å². The van der Waals surface area contributed by atoms with Crippen LogP contribution in [0.1, 0.15) is 51.3 Å². The fourth-order valence-electron chi connectivity index (χ4n) is 2.46. The number of aliphatic hydroxyl groups is 1. The van der Waals surface area contributed by atoms with Gasteiger partial charge in [-0.05, 0) is 50.7 Å². The van der Waals surface area contributed by atoms with E-state index in [9.17, 15) is 5.11 Å². The molecule has 1 aromatic heterocycles. The van der Waals surface area contributed by atoms with Gasteiger partial charge in [0, 0.05) is 6.54 Å². The van der Waals surface area contributed by atoms with Gasteiger partial charge in [-0.25, -0.2) is 0 Å². The van der Waals surface area contributed by atoms with Crippen LogP contribution in [0.5, 0.6) is 0 Å². The Morgan fingerprint density at radius 3 is 2.82 bits per heavy atom. The van der Waals surface area contributed by atoms with Crippen LogP contribution in [0.3, 0.4) is 0 Å². The topological polar surface area (TPSA) is 45.4 Å². The van der Waals surface area contributed by atoms with Gasteiger partial charge < -0.3 is 14.8 Å². The van der Waals surface area contributed by atoms with E-state index in [0.29, 0.717) is 6.54 Å². The van der Waals surface area contributed by atoms with Gasteiger partial charge >= 0.3 is 0 Å².